The van der Waals surface area contributed by atoms with Gasteiger partial charge < -0.3 is 4.57 Å². The Morgan fingerprint density at radius 2 is 2.30 bits per heavy atom. The highest BCUT2D eigenvalue weighted by Gasteiger charge is 2.13. The number of anilines is 1. The number of aryl methyl sites for hydroxylation is 1. The number of hydrogen-bond acceptors (Lipinski definition) is 5. The Hall–Kier alpha value is -1.86. The predicted octanol–water partition coefficient (Wildman–Crippen LogP) is 3.00. The van der Waals surface area contributed by atoms with E-state index in [0.29, 0.717) is 11.0 Å². The number of hydrogen-bond donors (Lipinski definition) is 1. The number of amides is 1. The number of aromatic nitrogens is 3. The van der Waals surface area contributed by atoms with Crippen molar-refractivity contribution in [1.29, 1.82) is 0 Å². The van der Waals surface area contributed by atoms with E-state index in [0.717, 1.165) is 10.2 Å². The number of imidazole rings is 1. The van der Waals surface area contributed by atoms with E-state index in [4.69, 9.17) is 0 Å². The molecule has 0 aliphatic heterocycles. The highest BCUT2D eigenvalue weighted by atomic mass is 32.2. The fourth-order valence-electron chi connectivity index (χ4n) is 1.82. The average molecular weight is 304 g/mol. The molecule has 0 bridgehead atoms. The Morgan fingerprint density at radius 3 is 3.00 bits per heavy atom. The zero-order valence-corrected chi connectivity index (χ0v) is 12.6. The van der Waals surface area contributed by atoms with Gasteiger partial charge in [-0.1, -0.05) is 11.3 Å². The molecule has 0 fully saturated rings. The van der Waals surface area contributed by atoms with E-state index >= 15 is 0 Å². The molecule has 3 rings (SSSR count). The van der Waals surface area contributed by atoms with Gasteiger partial charge in [-0.15, -0.1) is 11.8 Å². The maximum absolute atomic E-state index is 12.1. The van der Waals surface area contributed by atoms with Crippen LogP contribution >= 0.6 is 23.1 Å². The lowest BCUT2D eigenvalue weighted by Crippen LogP contribution is -2.16. The standard InChI is InChI=1S/C13H12N4OS2/c1-17-6-5-14-11(17)12(18)16-13-15-9-4-3-8(19-2)7-10(9)20-13/h3-7H,1-2H3,(H,15,16,18). The summed E-state index contributed by atoms with van der Waals surface area (Å²) < 4.78 is 2.74. The van der Waals surface area contributed by atoms with Gasteiger partial charge in [-0.05, 0) is 24.5 Å². The maximum Gasteiger partial charge on any atom is 0.293 e. The molecule has 0 radical (unpaired) electrons. The summed E-state index contributed by atoms with van der Waals surface area (Å²) >= 11 is 3.15. The van der Waals surface area contributed by atoms with Gasteiger partial charge in [0.25, 0.3) is 5.91 Å². The molecule has 1 N–H and O–H groups in total. The molecule has 0 spiro atoms. The first-order valence-corrected chi connectivity index (χ1v) is 7.95. The molecule has 0 unspecified atom stereocenters. The van der Waals surface area contributed by atoms with Gasteiger partial charge in [0.15, 0.2) is 11.0 Å². The Bertz CT molecular complexity index is 778. The summed E-state index contributed by atoms with van der Waals surface area (Å²) in [6.07, 6.45) is 5.36. The van der Waals surface area contributed by atoms with E-state index in [2.05, 4.69) is 21.4 Å². The van der Waals surface area contributed by atoms with Crippen LogP contribution in [-0.4, -0.2) is 26.7 Å². The van der Waals surface area contributed by atoms with Gasteiger partial charge in [-0.3, -0.25) is 10.1 Å². The minimum Gasteiger partial charge on any atom is -0.330 e. The van der Waals surface area contributed by atoms with Crippen molar-refractivity contribution < 1.29 is 4.79 Å². The molecule has 102 valence electrons. The summed E-state index contributed by atoms with van der Waals surface area (Å²) in [6, 6.07) is 6.07. The lowest BCUT2D eigenvalue weighted by atomic mass is 10.3. The van der Waals surface area contributed by atoms with Crippen molar-refractivity contribution in [3.8, 4) is 0 Å². The number of carbonyl (C=O) groups is 1. The third-order valence-corrected chi connectivity index (χ3v) is 4.50. The molecule has 0 aliphatic carbocycles. The minimum absolute atomic E-state index is 0.248. The number of fused-ring (bicyclic) bond motifs is 1. The largest absolute Gasteiger partial charge is 0.330 e. The quantitative estimate of drug-likeness (QED) is 0.756. The van der Waals surface area contributed by atoms with E-state index < -0.39 is 0 Å². The van der Waals surface area contributed by atoms with Crippen LogP contribution in [0.2, 0.25) is 0 Å². The second-order valence-corrected chi connectivity index (χ2v) is 6.08. The molecule has 1 aromatic carbocycles. The number of nitrogens with one attached hydrogen (secondary N) is 1. The van der Waals surface area contributed by atoms with Crippen molar-refractivity contribution in [3.05, 3.63) is 36.4 Å². The summed E-state index contributed by atoms with van der Waals surface area (Å²) in [5, 5.41) is 3.38. The van der Waals surface area contributed by atoms with Crippen molar-refractivity contribution >= 4 is 44.4 Å². The van der Waals surface area contributed by atoms with E-state index in [1.54, 1.807) is 35.8 Å². The van der Waals surface area contributed by atoms with Crippen LogP contribution in [-0.2, 0) is 7.05 Å². The molecule has 2 aromatic heterocycles. The lowest BCUT2D eigenvalue weighted by molar-refractivity contribution is 0.101. The Balaban J connectivity index is 1.88. The lowest BCUT2D eigenvalue weighted by Gasteiger charge is -2.00. The van der Waals surface area contributed by atoms with Crippen molar-refractivity contribution in [3.63, 3.8) is 0 Å². The van der Waals surface area contributed by atoms with Crippen molar-refractivity contribution in [1.82, 2.24) is 14.5 Å². The van der Waals surface area contributed by atoms with Crippen LogP contribution in [0.4, 0.5) is 5.13 Å². The van der Waals surface area contributed by atoms with Crippen molar-refractivity contribution in [2.24, 2.45) is 7.05 Å². The molecule has 0 atom stereocenters. The molecule has 5 nitrogen and oxygen atoms in total. The molecule has 2 heterocycles. The summed E-state index contributed by atoms with van der Waals surface area (Å²) in [7, 11) is 1.78. The zero-order chi connectivity index (χ0) is 14.1. The van der Waals surface area contributed by atoms with Gasteiger partial charge in [-0.2, -0.15) is 0 Å². The van der Waals surface area contributed by atoms with Crippen LogP contribution in [0.5, 0.6) is 0 Å². The van der Waals surface area contributed by atoms with E-state index in [-0.39, 0.29) is 5.91 Å². The van der Waals surface area contributed by atoms with Crippen LogP contribution in [0.3, 0.4) is 0 Å². The summed E-state index contributed by atoms with van der Waals surface area (Å²) in [6.45, 7) is 0. The summed E-state index contributed by atoms with van der Waals surface area (Å²) in [4.78, 5) is 21.7. The highest BCUT2D eigenvalue weighted by molar-refractivity contribution is 7.98. The van der Waals surface area contributed by atoms with Crippen LogP contribution < -0.4 is 5.32 Å². The number of benzene rings is 1. The number of thioether (sulfide) groups is 1. The van der Waals surface area contributed by atoms with Crippen molar-refractivity contribution in [2.45, 2.75) is 4.90 Å². The first-order chi connectivity index (χ1) is 9.67. The summed E-state index contributed by atoms with van der Waals surface area (Å²) in [5.74, 6) is 0.121. The van der Waals surface area contributed by atoms with E-state index in [1.165, 1.54) is 16.2 Å². The van der Waals surface area contributed by atoms with E-state index in [9.17, 15) is 4.79 Å². The fraction of sp³-hybridized carbons (Fsp3) is 0.154. The normalized spacial score (nSPS) is 10.9. The maximum atomic E-state index is 12.1. The zero-order valence-electron chi connectivity index (χ0n) is 11.0. The first-order valence-electron chi connectivity index (χ1n) is 5.90. The van der Waals surface area contributed by atoms with Gasteiger partial charge >= 0.3 is 0 Å². The molecule has 1 amide bonds. The van der Waals surface area contributed by atoms with Gasteiger partial charge in [0.1, 0.15) is 0 Å². The molecule has 0 saturated carbocycles. The second-order valence-electron chi connectivity index (χ2n) is 4.17. The molecule has 0 aliphatic rings. The SMILES string of the molecule is CSc1ccc2nc(NC(=O)c3nccn3C)sc2c1. The molecule has 20 heavy (non-hydrogen) atoms. The Kier molecular flexibility index (Phi) is 3.45. The Morgan fingerprint density at radius 1 is 1.45 bits per heavy atom. The smallest absolute Gasteiger partial charge is 0.293 e. The number of rotatable bonds is 3. The number of nitrogens with zero attached hydrogens (tertiary/aromatic N) is 3. The molecule has 3 aromatic rings. The van der Waals surface area contributed by atoms with Crippen LogP contribution in [0.25, 0.3) is 10.2 Å². The van der Waals surface area contributed by atoms with Crippen LogP contribution in [0.15, 0.2) is 35.5 Å². The second kappa shape index (κ2) is 5.26. The van der Waals surface area contributed by atoms with E-state index in [1.807, 2.05) is 18.4 Å². The minimum atomic E-state index is -0.248. The highest BCUT2D eigenvalue weighted by Crippen LogP contribution is 2.29. The third-order valence-electron chi connectivity index (χ3n) is 2.84. The van der Waals surface area contributed by atoms with Gasteiger partial charge in [0.05, 0.1) is 10.2 Å². The van der Waals surface area contributed by atoms with Crippen LogP contribution in [0.1, 0.15) is 10.6 Å². The molecule has 0 saturated heterocycles. The first kappa shape index (κ1) is 13.1. The topological polar surface area (TPSA) is 59.8 Å². The van der Waals surface area contributed by atoms with Gasteiger partial charge in [0.2, 0.25) is 0 Å². The number of carbonyl (C=O) groups excluding carboxylic acids is 1. The van der Waals surface area contributed by atoms with Crippen molar-refractivity contribution in [2.75, 3.05) is 11.6 Å². The van der Waals surface area contributed by atoms with Gasteiger partial charge in [0, 0.05) is 24.3 Å². The predicted molar refractivity (Wildman–Crippen MR) is 82.6 cm³/mol. The van der Waals surface area contributed by atoms with Crippen LogP contribution in [0, 0.1) is 0 Å². The average Bonchev–Trinajstić information content (AvgIpc) is 3.03. The molecular weight excluding hydrogens is 292 g/mol. The summed E-state index contributed by atoms with van der Waals surface area (Å²) in [5.41, 5.74) is 0.892. The molecule has 7 heteroatoms. The number of thiazole rings is 1. The monoisotopic (exact) mass is 304 g/mol. The van der Waals surface area contributed by atoms with Gasteiger partial charge in [-0.25, -0.2) is 9.97 Å². The third kappa shape index (κ3) is 2.41. The molecular formula is C13H12N4OS2. The fourth-order valence-corrected chi connectivity index (χ4v) is 3.24. The Labute approximate surface area is 124 Å².